The first-order valence-corrected chi connectivity index (χ1v) is 22.2. The molecule has 0 unspecified atom stereocenters. The topological polar surface area (TPSA) is 127 Å². The van der Waals surface area contributed by atoms with Crippen molar-refractivity contribution >= 4 is 40.1 Å². The Morgan fingerprint density at radius 3 is 1.71 bits per heavy atom. The number of rotatable bonds is 16. The van der Waals surface area contributed by atoms with E-state index in [1.54, 1.807) is 6.07 Å². The molecule has 0 spiro atoms. The van der Waals surface area contributed by atoms with Crippen molar-refractivity contribution in [2.24, 2.45) is 0 Å². The average molecular weight is 806 g/mol. The summed E-state index contributed by atoms with van der Waals surface area (Å²) in [5, 5.41) is 8.07. The molecule has 1 aliphatic carbocycles. The van der Waals surface area contributed by atoms with Crippen molar-refractivity contribution in [3.8, 4) is 11.1 Å². The van der Waals surface area contributed by atoms with Crippen LogP contribution in [0.5, 0.6) is 0 Å². The molecule has 6 aliphatic rings. The van der Waals surface area contributed by atoms with Gasteiger partial charge in [0.2, 0.25) is 0 Å². The number of hydrogen-bond donors (Lipinski definition) is 2. The maximum Gasteiger partial charge on any atom is 0.263 e. The van der Waals surface area contributed by atoms with Crippen molar-refractivity contribution in [3.63, 3.8) is 0 Å². The SMILES string of the molecule is O=C1c2cc(-c3ccc(CNC4CCCC4)cc3)c3c4c(cc(NCCN5CCCC5)c(c24)C(=O)N1CCCN1CCOCC1)C(=O)N(CCCN1CCOCC1)C3=O. The molecule has 4 amide bonds. The summed E-state index contributed by atoms with van der Waals surface area (Å²) in [4.78, 5) is 68.9. The highest BCUT2D eigenvalue weighted by atomic mass is 16.5. The van der Waals surface area contributed by atoms with E-state index in [0.717, 1.165) is 76.6 Å². The highest BCUT2D eigenvalue weighted by molar-refractivity contribution is 6.36. The number of benzene rings is 3. The number of amides is 4. The van der Waals surface area contributed by atoms with Gasteiger partial charge in [-0.25, -0.2) is 0 Å². The largest absolute Gasteiger partial charge is 0.383 e. The van der Waals surface area contributed by atoms with E-state index in [0.29, 0.717) is 96.1 Å². The van der Waals surface area contributed by atoms with Gasteiger partial charge in [0.15, 0.2) is 0 Å². The number of likely N-dealkylation sites (tertiary alicyclic amines) is 1. The Labute approximate surface area is 347 Å². The Morgan fingerprint density at radius 1 is 0.559 bits per heavy atom. The third kappa shape index (κ3) is 8.42. The van der Waals surface area contributed by atoms with E-state index >= 15 is 0 Å². The smallest absolute Gasteiger partial charge is 0.263 e. The predicted octanol–water partition coefficient (Wildman–Crippen LogP) is 4.68. The first kappa shape index (κ1) is 40.2. The number of morpholine rings is 2. The summed E-state index contributed by atoms with van der Waals surface area (Å²) in [6.45, 7) is 12.2. The maximum atomic E-state index is 14.9. The third-order valence-electron chi connectivity index (χ3n) is 13.4. The zero-order valence-corrected chi connectivity index (χ0v) is 34.4. The molecule has 0 aromatic heterocycles. The Kier molecular flexibility index (Phi) is 12.4. The molecule has 5 aliphatic heterocycles. The minimum Gasteiger partial charge on any atom is -0.383 e. The number of anilines is 1. The van der Waals surface area contributed by atoms with Crippen LogP contribution in [0.2, 0.25) is 0 Å². The van der Waals surface area contributed by atoms with Crippen LogP contribution in [0.15, 0.2) is 36.4 Å². The van der Waals surface area contributed by atoms with Crippen molar-refractivity contribution in [2.45, 2.75) is 64.0 Å². The molecule has 314 valence electrons. The van der Waals surface area contributed by atoms with E-state index in [4.69, 9.17) is 9.47 Å². The van der Waals surface area contributed by atoms with Crippen molar-refractivity contribution in [1.29, 1.82) is 0 Å². The molecule has 5 heterocycles. The third-order valence-corrected chi connectivity index (χ3v) is 13.4. The summed E-state index contributed by atoms with van der Waals surface area (Å²) in [5.41, 5.74) is 4.55. The lowest BCUT2D eigenvalue weighted by atomic mass is 9.81. The van der Waals surface area contributed by atoms with E-state index in [1.807, 2.05) is 18.2 Å². The lowest BCUT2D eigenvalue weighted by Crippen LogP contribution is -2.45. The monoisotopic (exact) mass is 805 g/mol. The quantitative estimate of drug-likeness (QED) is 0.196. The van der Waals surface area contributed by atoms with Gasteiger partial charge in [0.1, 0.15) is 0 Å². The van der Waals surface area contributed by atoms with Crippen LogP contribution in [0, 0.1) is 0 Å². The molecule has 1 saturated carbocycles. The predicted molar refractivity (Wildman–Crippen MR) is 227 cm³/mol. The molecule has 2 N–H and O–H groups in total. The van der Waals surface area contributed by atoms with E-state index < -0.39 is 0 Å². The molecule has 0 radical (unpaired) electrons. The second-order valence-electron chi connectivity index (χ2n) is 17.1. The first-order valence-electron chi connectivity index (χ1n) is 22.2. The van der Waals surface area contributed by atoms with Crippen LogP contribution >= 0.6 is 0 Å². The normalized spacial score (nSPS) is 20.8. The Balaban J connectivity index is 1.11. The van der Waals surface area contributed by atoms with E-state index in [1.165, 1.54) is 48.3 Å². The number of imide groups is 2. The number of carbonyl (C=O) groups is 4. The lowest BCUT2D eigenvalue weighted by molar-refractivity contribution is 0.0351. The van der Waals surface area contributed by atoms with Crippen LogP contribution in [0.1, 0.15) is 98.4 Å². The lowest BCUT2D eigenvalue weighted by Gasteiger charge is -2.35. The first-order chi connectivity index (χ1) is 28.9. The van der Waals surface area contributed by atoms with Crippen molar-refractivity contribution in [2.75, 3.05) is 110 Å². The molecule has 13 heteroatoms. The van der Waals surface area contributed by atoms with E-state index in [-0.39, 0.29) is 36.7 Å². The van der Waals surface area contributed by atoms with Crippen LogP contribution in [-0.4, -0.2) is 159 Å². The van der Waals surface area contributed by atoms with Crippen molar-refractivity contribution < 1.29 is 28.7 Å². The van der Waals surface area contributed by atoms with Crippen LogP contribution in [0.3, 0.4) is 0 Å². The molecule has 59 heavy (non-hydrogen) atoms. The van der Waals surface area contributed by atoms with Gasteiger partial charge < -0.3 is 25.0 Å². The minimum absolute atomic E-state index is 0.261. The highest BCUT2D eigenvalue weighted by Gasteiger charge is 2.43. The molecule has 3 saturated heterocycles. The van der Waals surface area contributed by atoms with Gasteiger partial charge in [0, 0.05) is 100 Å². The molecule has 3 aromatic carbocycles. The number of nitrogens with zero attached hydrogens (tertiary/aromatic N) is 5. The van der Waals surface area contributed by atoms with Crippen molar-refractivity contribution in [1.82, 2.24) is 29.8 Å². The Bertz CT molecular complexity index is 2050. The summed E-state index contributed by atoms with van der Waals surface area (Å²) < 4.78 is 11.1. The van der Waals surface area contributed by atoms with Crippen LogP contribution in [-0.2, 0) is 16.0 Å². The Morgan fingerprint density at radius 2 is 1.10 bits per heavy atom. The fourth-order valence-corrected chi connectivity index (χ4v) is 10.0. The zero-order chi connectivity index (χ0) is 40.3. The molecular weight excluding hydrogens is 747 g/mol. The van der Waals surface area contributed by atoms with Gasteiger partial charge in [-0.3, -0.25) is 38.8 Å². The standard InChI is InChI=1S/C46H59N7O6/c54-43-36-29-35(33-11-9-32(10-12-33)31-48-34-7-1-2-8-34)41-39-37(44(55)52(45(41)56)18-5-16-50-21-25-58-26-22-50)30-38(47-13-20-49-14-3-4-15-49)42(40(36)39)46(57)53(43)19-6-17-51-23-27-59-28-24-51/h9-12,29-30,34,47-48H,1-8,13-28,31H2. The minimum atomic E-state index is -0.386. The van der Waals surface area contributed by atoms with Crippen LogP contribution < -0.4 is 10.6 Å². The van der Waals surface area contributed by atoms with Crippen LogP contribution in [0.4, 0.5) is 5.69 Å². The average Bonchev–Trinajstić information content (AvgIpc) is 4.00. The van der Waals surface area contributed by atoms with Gasteiger partial charge >= 0.3 is 0 Å². The van der Waals surface area contributed by atoms with Gasteiger partial charge in [-0.1, -0.05) is 37.1 Å². The summed E-state index contributed by atoms with van der Waals surface area (Å²) >= 11 is 0. The highest BCUT2D eigenvalue weighted by Crippen LogP contribution is 2.45. The second kappa shape index (κ2) is 18.2. The van der Waals surface area contributed by atoms with Crippen molar-refractivity contribution in [3.05, 3.63) is 64.2 Å². The van der Waals surface area contributed by atoms with Gasteiger partial charge in [-0.15, -0.1) is 0 Å². The molecular formula is C46H59N7O6. The van der Waals surface area contributed by atoms with E-state index in [9.17, 15) is 19.2 Å². The molecule has 0 bridgehead atoms. The number of ether oxygens (including phenoxy) is 2. The van der Waals surface area contributed by atoms with Gasteiger partial charge in [0.05, 0.1) is 43.1 Å². The van der Waals surface area contributed by atoms with E-state index in [2.05, 4.69) is 37.5 Å². The zero-order valence-electron chi connectivity index (χ0n) is 34.4. The maximum absolute atomic E-state index is 14.9. The summed E-state index contributed by atoms with van der Waals surface area (Å²) in [5.74, 6) is -1.54. The summed E-state index contributed by atoms with van der Waals surface area (Å²) in [6.07, 6.45) is 8.52. The Hall–Kier alpha value is -4.24. The summed E-state index contributed by atoms with van der Waals surface area (Å²) in [6, 6.07) is 12.4. The number of hydrogen-bond acceptors (Lipinski definition) is 11. The molecule has 0 atom stereocenters. The molecule has 13 nitrogen and oxygen atoms in total. The number of nitrogens with one attached hydrogen (secondary N) is 2. The van der Waals surface area contributed by atoms with Gasteiger partial charge in [-0.2, -0.15) is 0 Å². The fraction of sp³-hybridized carbons (Fsp3) is 0.565. The second-order valence-corrected chi connectivity index (χ2v) is 17.1. The number of carbonyl (C=O) groups excluding carboxylic acids is 4. The summed E-state index contributed by atoms with van der Waals surface area (Å²) in [7, 11) is 0. The fourth-order valence-electron chi connectivity index (χ4n) is 10.0. The van der Waals surface area contributed by atoms with Gasteiger partial charge in [0.25, 0.3) is 23.6 Å². The molecule has 3 aromatic rings. The molecule has 9 rings (SSSR count). The van der Waals surface area contributed by atoms with Crippen LogP contribution in [0.25, 0.3) is 21.9 Å². The molecule has 4 fully saturated rings. The van der Waals surface area contributed by atoms with Gasteiger partial charge in [-0.05, 0) is 80.4 Å².